The molecule has 9 heteroatoms. The monoisotopic (exact) mass is 496 g/mol. The van der Waals surface area contributed by atoms with Gasteiger partial charge in [-0.15, -0.1) is 11.8 Å². The van der Waals surface area contributed by atoms with Gasteiger partial charge in [0, 0.05) is 15.7 Å². The number of benzene rings is 3. The van der Waals surface area contributed by atoms with Crippen molar-refractivity contribution in [1.29, 1.82) is 0 Å². The molecule has 1 heterocycles. The number of thioether (sulfide) groups is 1. The number of carboxylic acids is 1. The van der Waals surface area contributed by atoms with Crippen LogP contribution in [0.15, 0.2) is 77.7 Å². The third-order valence-electron chi connectivity index (χ3n) is 5.23. The number of amides is 2. The van der Waals surface area contributed by atoms with Crippen molar-refractivity contribution >= 4 is 47.0 Å². The number of anilines is 1. The molecule has 0 bridgehead atoms. The Morgan fingerprint density at radius 2 is 1.79 bits per heavy atom. The van der Waals surface area contributed by atoms with Crippen molar-refractivity contribution in [2.24, 2.45) is 0 Å². The van der Waals surface area contributed by atoms with Gasteiger partial charge in [-0.3, -0.25) is 4.79 Å². The Labute approximate surface area is 205 Å². The second-order valence-electron chi connectivity index (χ2n) is 7.61. The minimum absolute atomic E-state index is 0.0712. The van der Waals surface area contributed by atoms with Gasteiger partial charge in [-0.2, -0.15) is 0 Å². The zero-order valence-corrected chi connectivity index (χ0v) is 19.5. The Balaban J connectivity index is 1.57. The summed E-state index contributed by atoms with van der Waals surface area (Å²) in [5, 5.41) is 12.7. The van der Waals surface area contributed by atoms with E-state index in [0.29, 0.717) is 10.7 Å². The molecule has 3 aromatic carbocycles. The number of carbonyl (C=O) groups excluding carboxylic acids is 2. The third-order valence-corrected chi connectivity index (χ3v) is 6.63. The van der Waals surface area contributed by atoms with Crippen LogP contribution in [0.4, 0.5) is 10.5 Å². The molecule has 0 radical (unpaired) electrons. The molecule has 0 saturated carbocycles. The second-order valence-corrected chi connectivity index (χ2v) is 9.11. The van der Waals surface area contributed by atoms with Crippen LogP contribution in [-0.4, -0.2) is 34.9 Å². The average molecular weight is 497 g/mol. The van der Waals surface area contributed by atoms with E-state index in [1.54, 1.807) is 30.3 Å². The first-order valence-electron chi connectivity index (χ1n) is 10.4. The lowest BCUT2D eigenvalue weighted by Gasteiger charge is -2.26. The Kier molecular flexibility index (Phi) is 7.40. The topological polar surface area (TPSA) is 95.9 Å². The van der Waals surface area contributed by atoms with Crippen LogP contribution in [0.5, 0.6) is 0 Å². The lowest BCUT2D eigenvalue weighted by Crippen LogP contribution is -2.49. The Morgan fingerprint density at radius 3 is 2.50 bits per heavy atom. The first-order valence-corrected chi connectivity index (χ1v) is 11.8. The molecule has 0 fully saturated rings. The molecule has 0 saturated heterocycles. The van der Waals surface area contributed by atoms with E-state index < -0.39 is 18.1 Å². The van der Waals surface area contributed by atoms with Crippen LogP contribution in [0, 0.1) is 0 Å². The van der Waals surface area contributed by atoms with Gasteiger partial charge in [0.25, 0.3) is 5.91 Å². The first-order chi connectivity index (χ1) is 16.4. The summed E-state index contributed by atoms with van der Waals surface area (Å²) in [5.74, 6) is -1.17. The minimum Gasteiger partial charge on any atom is -0.478 e. The van der Waals surface area contributed by atoms with E-state index in [1.807, 2.05) is 30.3 Å². The fourth-order valence-electron chi connectivity index (χ4n) is 3.48. The first kappa shape index (κ1) is 23.7. The summed E-state index contributed by atoms with van der Waals surface area (Å²) in [6, 6.07) is 20.1. The van der Waals surface area contributed by atoms with Gasteiger partial charge in [0.2, 0.25) is 0 Å². The fourth-order valence-corrected chi connectivity index (χ4v) is 4.66. The molecule has 1 aliphatic heterocycles. The quantitative estimate of drug-likeness (QED) is 0.500. The van der Waals surface area contributed by atoms with E-state index in [2.05, 4.69) is 5.32 Å². The van der Waals surface area contributed by atoms with E-state index >= 15 is 0 Å². The predicted octanol–water partition coefficient (Wildman–Crippen LogP) is 4.97. The number of hydrogen-bond acceptors (Lipinski definition) is 5. The Bertz CT molecular complexity index is 1200. The number of carbonyl (C=O) groups is 3. The van der Waals surface area contributed by atoms with Gasteiger partial charge in [-0.1, -0.05) is 54.1 Å². The number of alkyl carbamates (subject to hydrolysis) is 1. The van der Waals surface area contributed by atoms with Gasteiger partial charge >= 0.3 is 12.1 Å². The van der Waals surface area contributed by atoms with Crippen molar-refractivity contribution in [3.63, 3.8) is 0 Å². The van der Waals surface area contributed by atoms with Crippen molar-refractivity contribution in [1.82, 2.24) is 5.32 Å². The second kappa shape index (κ2) is 10.6. The molecule has 34 heavy (non-hydrogen) atoms. The normalized spacial score (nSPS) is 15.3. The molecule has 2 amide bonds. The van der Waals surface area contributed by atoms with Crippen molar-refractivity contribution in [2.45, 2.75) is 24.1 Å². The summed E-state index contributed by atoms with van der Waals surface area (Å²) < 4.78 is 5.29. The lowest BCUT2D eigenvalue weighted by molar-refractivity contribution is -0.120. The van der Waals surface area contributed by atoms with Gasteiger partial charge in [-0.25, -0.2) is 9.59 Å². The summed E-state index contributed by atoms with van der Waals surface area (Å²) in [6.07, 6.45) is -0.702. The minimum atomic E-state index is -1.09. The van der Waals surface area contributed by atoms with E-state index in [-0.39, 0.29) is 30.4 Å². The number of nitrogens with zero attached hydrogens (tertiary/aromatic N) is 1. The molecular weight excluding hydrogens is 476 g/mol. The van der Waals surface area contributed by atoms with E-state index in [1.165, 1.54) is 28.8 Å². The number of halogens is 1. The molecule has 1 atom stereocenters. The average Bonchev–Trinajstić information content (AvgIpc) is 2.96. The van der Waals surface area contributed by atoms with Crippen LogP contribution < -0.4 is 10.2 Å². The molecule has 4 rings (SSSR count). The molecule has 3 aromatic rings. The maximum atomic E-state index is 13.5. The number of aromatic carboxylic acids is 1. The van der Waals surface area contributed by atoms with Crippen molar-refractivity contribution in [3.05, 3.63) is 94.5 Å². The summed E-state index contributed by atoms with van der Waals surface area (Å²) in [4.78, 5) is 39.8. The number of hydrogen-bond donors (Lipinski definition) is 2. The molecular formula is C25H21ClN2O5S. The Hall–Kier alpha value is -3.49. The summed E-state index contributed by atoms with van der Waals surface area (Å²) >= 11 is 7.36. The summed E-state index contributed by atoms with van der Waals surface area (Å²) in [6.45, 7) is 0.265. The highest BCUT2D eigenvalue weighted by molar-refractivity contribution is 7.99. The molecule has 0 aliphatic carbocycles. The predicted molar refractivity (Wildman–Crippen MR) is 130 cm³/mol. The van der Waals surface area contributed by atoms with Crippen LogP contribution in [0.25, 0.3) is 0 Å². The molecule has 0 aromatic heterocycles. The SMILES string of the molecule is O=C(N[C@H]1CSc2ccc(C(=O)O)cc2N(Cc2ccc(Cl)cc2)C1=O)OCc1ccccc1. The molecule has 174 valence electrons. The van der Waals surface area contributed by atoms with Gasteiger partial charge in [0.1, 0.15) is 12.6 Å². The molecule has 0 spiro atoms. The molecule has 2 N–H and O–H groups in total. The zero-order valence-electron chi connectivity index (χ0n) is 17.9. The van der Waals surface area contributed by atoms with Crippen LogP contribution >= 0.6 is 23.4 Å². The van der Waals surface area contributed by atoms with E-state index in [9.17, 15) is 19.5 Å². The number of fused-ring (bicyclic) bond motifs is 1. The largest absolute Gasteiger partial charge is 0.478 e. The summed E-state index contributed by atoms with van der Waals surface area (Å²) in [5.41, 5.74) is 2.19. The number of nitrogens with one attached hydrogen (secondary N) is 1. The maximum Gasteiger partial charge on any atom is 0.408 e. The number of carboxylic acid groups (broad SMARTS) is 1. The van der Waals surface area contributed by atoms with Crippen LogP contribution in [0.3, 0.4) is 0 Å². The highest BCUT2D eigenvalue weighted by Gasteiger charge is 2.33. The highest BCUT2D eigenvalue weighted by atomic mass is 35.5. The number of ether oxygens (including phenoxy) is 1. The standard InChI is InChI=1S/C25H21ClN2O5S/c26-19-9-6-16(7-10-19)13-28-21-12-18(24(30)31)8-11-22(21)34-15-20(23(28)29)27-25(32)33-14-17-4-2-1-3-5-17/h1-12,20H,13-15H2,(H,27,32)(H,30,31)/t20-/m0/s1. The van der Waals surface area contributed by atoms with Crippen LogP contribution in [0.2, 0.25) is 5.02 Å². The highest BCUT2D eigenvalue weighted by Crippen LogP contribution is 2.36. The van der Waals surface area contributed by atoms with Crippen molar-refractivity contribution in [3.8, 4) is 0 Å². The van der Waals surface area contributed by atoms with Crippen LogP contribution in [-0.2, 0) is 22.7 Å². The lowest BCUT2D eigenvalue weighted by atomic mass is 10.1. The smallest absolute Gasteiger partial charge is 0.408 e. The van der Waals surface area contributed by atoms with Gasteiger partial charge in [0.15, 0.2) is 0 Å². The maximum absolute atomic E-state index is 13.5. The van der Waals surface area contributed by atoms with Crippen molar-refractivity contribution in [2.75, 3.05) is 10.7 Å². The molecule has 0 unspecified atom stereocenters. The van der Waals surface area contributed by atoms with E-state index in [0.717, 1.165) is 16.0 Å². The number of rotatable bonds is 6. The van der Waals surface area contributed by atoms with Crippen molar-refractivity contribution < 1.29 is 24.2 Å². The molecule has 1 aliphatic rings. The van der Waals surface area contributed by atoms with Gasteiger partial charge < -0.3 is 20.1 Å². The Morgan fingerprint density at radius 1 is 1.06 bits per heavy atom. The van der Waals surface area contributed by atoms with Gasteiger partial charge in [-0.05, 0) is 41.5 Å². The fraction of sp³-hybridized carbons (Fsp3) is 0.160. The van der Waals surface area contributed by atoms with E-state index in [4.69, 9.17) is 16.3 Å². The summed E-state index contributed by atoms with van der Waals surface area (Å²) in [7, 11) is 0. The van der Waals surface area contributed by atoms with Crippen LogP contribution in [0.1, 0.15) is 21.5 Å². The zero-order chi connectivity index (χ0) is 24.1. The van der Waals surface area contributed by atoms with Gasteiger partial charge in [0.05, 0.1) is 17.8 Å². The molecule has 7 nitrogen and oxygen atoms in total. The third kappa shape index (κ3) is 5.70.